The van der Waals surface area contributed by atoms with E-state index >= 15 is 0 Å². The number of thiophene rings is 1. The monoisotopic (exact) mass is 463 g/mol. The SMILES string of the molecule is Cc1ccc(-c2ccccc2)n1-c1ccc(C(=O)N/N=C/c2cc(Br)cs2)cc1. The number of aromatic nitrogens is 1. The van der Waals surface area contributed by atoms with E-state index in [1.54, 1.807) is 17.6 Å². The minimum atomic E-state index is -0.240. The molecule has 0 spiro atoms. The highest BCUT2D eigenvalue weighted by molar-refractivity contribution is 9.10. The number of rotatable bonds is 5. The van der Waals surface area contributed by atoms with E-state index in [1.807, 2.05) is 53.9 Å². The molecule has 2 heterocycles. The molecule has 1 amide bonds. The molecule has 0 fully saturated rings. The fraction of sp³-hybridized carbons (Fsp3) is 0.0435. The van der Waals surface area contributed by atoms with Crippen molar-refractivity contribution < 1.29 is 4.79 Å². The standard InChI is InChI=1S/C23H18BrN3OS/c1-16-7-12-22(17-5-3-2-4-6-17)27(16)20-10-8-18(9-11-20)23(28)26-25-14-21-13-19(24)15-29-21/h2-15H,1H3,(H,26,28)/b25-14+. The number of amides is 1. The van der Waals surface area contributed by atoms with E-state index in [9.17, 15) is 4.79 Å². The van der Waals surface area contributed by atoms with Crippen LogP contribution in [0, 0.1) is 6.92 Å². The molecule has 0 aliphatic heterocycles. The number of hydrazone groups is 1. The second-order valence-electron chi connectivity index (χ2n) is 6.47. The van der Waals surface area contributed by atoms with Gasteiger partial charge in [-0.25, -0.2) is 5.43 Å². The highest BCUT2D eigenvalue weighted by atomic mass is 79.9. The lowest BCUT2D eigenvalue weighted by molar-refractivity contribution is 0.0955. The van der Waals surface area contributed by atoms with Crippen LogP contribution in [0.2, 0.25) is 0 Å². The first-order chi connectivity index (χ1) is 14.1. The number of benzene rings is 2. The zero-order valence-electron chi connectivity index (χ0n) is 15.7. The Hall–Kier alpha value is -2.96. The summed E-state index contributed by atoms with van der Waals surface area (Å²) in [6.45, 7) is 2.07. The van der Waals surface area contributed by atoms with E-state index in [-0.39, 0.29) is 5.91 Å². The van der Waals surface area contributed by atoms with Crippen LogP contribution >= 0.6 is 27.3 Å². The summed E-state index contributed by atoms with van der Waals surface area (Å²) in [6, 6.07) is 24.0. The van der Waals surface area contributed by atoms with Gasteiger partial charge in [0.15, 0.2) is 0 Å². The lowest BCUT2D eigenvalue weighted by Crippen LogP contribution is -2.17. The first-order valence-corrected chi connectivity index (χ1v) is 10.7. The van der Waals surface area contributed by atoms with E-state index in [0.717, 1.165) is 32.0 Å². The molecule has 0 saturated carbocycles. The Balaban J connectivity index is 1.52. The number of aryl methyl sites for hydroxylation is 1. The van der Waals surface area contributed by atoms with E-state index in [0.29, 0.717) is 5.56 Å². The highest BCUT2D eigenvalue weighted by Crippen LogP contribution is 2.26. The van der Waals surface area contributed by atoms with Crippen molar-refractivity contribution in [2.45, 2.75) is 6.92 Å². The summed E-state index contributed by atoms with van der Waals surface area (Å²) < 4.78 is 3.19. The Kier molecular flexibility index (Phi) is 5.74. The van der Waals surface area contributed by atoms with E-state index < -0.39 is 0 Å². The van der Waals surface area contributed by atoms with Crippen LogP contribution in [0.25, 0.3) is 16.9 Å². The third-order valence-corrected chi connectivity index (χ3v) is 6.11. The minimum Gasteiger partial charge on any atom is -0.314 e. The first kappa shape index (κ1) is 19.4. The first-order valence-electron chi connectivity index (χ1n) is 9.03. The number of nitrogens with one attached hydrogen (secondary N) is 1. The molecule has 4 aromatic rings. The maximum absolute atomic E-state index is 12.4. The van der Waals surface area contributed by atoms with Crippen LogP contribution in [0.5, 0.6) is 0 Å². The van der Waals surface area contributed by atoms with Crippen molar-refractivity contribution >= 4 is 39.4 Å². The molecule has 4 nitrogen and oxygen atoms in total. The van der Waals surface area contributed by atoms with Gasteiger partial charge in [-0.15, -0.1) is 11.3 Å². The fourth-order valence-corrected chi connectivity index (χ4v) is 4.40. The Morgan fingerprint density at radius 2 is 1.83 bits per heavy atom. The highest BCUT2D eigenvalue weighted by Gasteiger charge is 2.10. The Morgan fingerprint density at radius 3 is 2.52 bits per heavy atom. The van der Waals surface area contributed by atoms with Gasteiger partial charge in [-0.1, -0.05) is 30.3 Å². The third-order valence-electron chi connectivity index (χ3n) is 4.48. The molecule has 0 radical (unpaired) electrons. The van der Waals surface area contributed by atoms with Gasteiger partial charge in [0.1, 0.15) is 0 Å². The zero-order chi connectivity index (χ0) is 20.2. The van der Waals surface area contributed by atoms with Gasteiger partial charge in [-0.2, -0.15) is 5.10 Å². The topological polar surface area (TPSA) is 46.4 Å². The third kappa shape index (κ3) is 4.39. The summed E-state index contributed by atoms with van der Waals surface area (Å²) in [5, 5.41) is 6.00. The Morgan fingerprint density at radius 1 is 1.07 bits per heavy atom. The summed E-state index contributed by atoms with van der Waals surface area (Å²) in [7, 11) is 0. The van der Waals surface area contributed by atoms with Crippen LogP contribution in [0.3, 0.4) is 0 Å². The Labute approximate surface area is 181 Å². The lowest BCUT2D eigenvalue weighted by atomic mass is 10.1. The van der Waals surface area contributed by atoms with Gasteiger partial charge in [-0.3, -0.25) is 4.79 Å². The molecule has 0 atom stereocenters. The van der Waals surface area contributed by atoms with Gasteiger partial charge in [0.05, 0.1) is 11.9 Å². The maximum atomic E-state index is 12.4. The summed E-state index contributed by atoms with van der Waals surface area (Å²) in [5.41, 5.74) is 7.54. The predicted octanol–water partition coefficient (Wildman–Crippen LogP) is 6.04. The molecule has 4 rings (SSSR count). The van der Waals surface area contributed by atoms with Crippen molar-refractivity contribution in [3.8, 4) is 16.9 Å². The van der Waals surface area contributed by atoms with Crippen molar-refractivity contribution in [3.05, 3.63) is 98.8 Å². The second kappa shape index (κ2) is 8.59. The van der Waals surface area contributed by atoms with Crippen molar-refractivity contribution in [1.82, 2.24) is 9.99 Å². The molecule has 0 aliphatic carbocycles. The van der Waals surface area contributed by atoms with Crippen molar-refractivity contribution in [3.63, 3.8) is 0 Å². The normalized spacial score (nSPS) is 11.1. The molecule has 2 aromatic heterocycles. The molecule has 29 heavy (non-hydrogen) atoms. The molecule has 144 valence electrons. The number of carbonyl (C=O) groups is 1. The molecule has 0 unspecified atom stereocenters. The number of halogens is 1. The van der Waals surface area contributed by atoms with E-state index in [1.165, 1.54) is 0 Å². The molecule has 0 aliphatic rings. The van der Waals surface area contributed by atoms with E-state index in [4.69, 9.17) is 0 Å². The van der Waals surface area contributed by atoms with Crippen molar-refractivity contribution in [2.24, 2.45) is 5.10 Å². The van der Waals surface area contributed by atoms with Crippen LogP contribution in [0.4, 0.5) is 0 Å². The van der Waals surface area contributed by atoms with Crippen LogP contribution < -0.4 is 5.43 Å². The molecular weight excluding hydrogens is 446 g/mol. The van der Waals surface area contributed by atoms with Crippen LogP contribution in [-0.4, -0.2) is 16.7 Å². The largest absolute Gasteiger partial charge is 0.314 e. The maximum Gasteiger partial charge on any atom is 0.271 e. The molecule has 1 N–H and O–H groups in total. The molecular formula is C23H18BrN3OS. The van der Waals surface area contributed by atoms with Gasteiger partial charge >= 0.3 is 0 Å². The fourth-order valence-electron chi connectivity index (χ4n) is 3.09. The smallest absolute Gasteiger partial charge is 0.271 e. The van der Waals surface area contributed by atoms with Crippen LogP contribution in [0.1, 0.15) is 20.9 Å². The zero-order valence-corrected chi connectivity index (χ0v) is 18.1. The summed E-state index contributed by atoms with van der Waals surface area (Å²) >= 11 is 4.95. The van der Waals surface area contributed by atoms with Crippen molar-refractivity contribution in [1.29, 1.82) is 0 Å². The molecule has 6 heteroatoms. The van der Waals surface area contributed by atoms with Gasteiger partial charge in [-0.05, 0) is 70.9 Å². The molecule has 2 aromatic carbocycles. The van der Waals surface area contributed by atoms with Gasteiger partial charge in [0.25, 0.3) is 5.91 Å². The number of nitrogens with zero attached hydrogens (tertiary/aromatic N) is 2. The summed E-state index contributed by atoms with van der Waals surface area (Å²) in [4.78, 5) is 13.3. The minimum absolute atomic E-state index is 0.240. The average Bonchev–Trinajstić information content (AvgIpc) is 3.34. The number of hydrogen-bond acceptors (Lipinski definition) is 3. The van der Waals surface area contributed by atoms with Crippen molar-refractivity contribution in [2.75, 3.05) is 0 Å². The van der Waals surface area contributed by atoms with Crippen LogP contribution in [0.15, 0.2) is 87.8 Å². The Bertz CT molecular complexity index is 1160. The van der Waals surface area contributed by atoms with Gasteiger partial charge < -0.3 is 4.57 Å². The van der Waals surface area contributed by atoms with Gasteiger partial charge in [0.2, 0.25) is 0 Å². The number of carbonyl (C=O) groups excluding carboxylic acids is 1. The molecule has 0 bridgehead atoms. The van der Waals surface area contributed by atoms with Crippen LogP contribution in [-0.2, 0) is 0 Å². The number of hydrogen-bond donors (Lipinski definition) is 1. The van der Waals surface area contributed by atoms with Gasteiger partial charge in [0, 0.05) is 31.7 Å². The summed E-state index contributed by atoms with van der Waals surface area (Å²) in [6.07, 6.45) is 1.64. The lowest BCUT2D eigenvalue weighted by Gasteiger charge is -2.12. The summed E-state index contributed by atoms with van der Waals surface area (Å²) in [5.74, 6) is -0.240. The predicted molar refractivity (Wildman–Crippen MR) is 123 cm³/mol. The van der Waals surface area contributed by atoms with E-state index in [2.05, 4.69) is 62.2 Å². The average molecular weight is 464 g/mol. The second-order valence-corrected chi connectivity index (χ2v) is 8.33. The quantitative estimate of drug-likeness (QED) is 0.284. The molecule has 0 saturated heterocycles.